The topological polar surface area (TPSA) is 123 Å². The second-order valence-electron chi connectivity index (χ2n) is 7.01. The van der Waals surface area contributed by atoms with E-state index in [4.69, 9.17) is 30.5 Å². The third-order valence-electron chi connectivity index (χ3n) is 4.96. The predicted molar refractivity (Wildman–Crippen MR) is 130 cm³/mol. The molecule has 1 aliphatic rings. The Balaban J connectivity index is 1.69. The third-order valence-corrected chi connectivity index (χ3v) is 4.96. The lowest BCUT2D eigenvalue weighted by Gasteiger charge is -2.28. The molecule has 0 aromatic carbocycles. The van der Waals surface area contributed by atoms with Gasteiger partial charge in [0, 0.05) is 40.5 Å². The van der Waals surface area contributed by atoms with E-state index in [1.54, 1.807) is 0 Å². The molecule has 1 fully saturated rings. The van der Waals surface area contributed by atoms with Crippen LogP contribution in [0, 0.1) is 13.4 Å². The fourth-order valence-electron chi connectivity index (χ4n) is 3.36. The Labute approximate surface area is 225 Å². The van der Waals surface area contributed by atoms with Crippen molar-refractivity contribution in [3.05, 3.63) is 77.2 Å². The number of hydrogen-bond acceptors (Lipinski definition) is 7. The number of amides is 1. The number of fused-ring (bicyclic) bond motifs is 1. The molecule has 0 radical (unpaired) electrons. The van der Waals surface area contributed by atoms with Gasteiger partial charge in [0.25, 0.3) is 11.7 Å². The molecule has 1 aliphatic heterocycles. The summed E-state index contributed by atoms with van der Waals surface area (Å²) in [7, 11) is -3.16. The Kier molecular flexibility index (Phi) is 3.07. The quantitative estimate of drug-likeness (QED) is 0.256. The number of ether oxygens (including phenoxy) is 1. The lowest BCUT2D eigenvalue weighted by molar-refractivity contribution is -0.126. The first-order valence-corrected chi connectivity index (χ1v) is 9.94. The van der Waals surface area contributed by atoms with Gasteiger partial charge in [0.1, 0.15) is 17.9 Å². The Bertz CT molecular complexity index is 2070. The van der Waals surface area contributed by atoms with Gasteiger partial charge in [-0.1, -0.05) is 11.6 Å². The minimum Gasteiger partial charge on any atom is -0.494 e. The number of Topliss-reactive ketones (excluding diaryl/α,β-unsaturated/α-hetero) is 1. The molecule has 0 spiro atoms. The fourth-order valence-corrected chi connectivity index (χ4v) is 3.36. The Morgan fingerprint density at radius 3 is 2.81 bits per heavy atom. The number of methoxy groups -OCH3 is 1. The molecule has 0 unspecified atom stereocenters. The SMILES string of the molecule is [2H]C([2H])([2H])Oc1cnc(-n2cnc(C([2H])([2H])[2H])n2)c2[nH]cc(C(=O)C(=O)N3C([2H])([2H])C([2H])([2H])C(=C([N+]#[C-])c4ccccn4)C([2H])([2H])C3([2H])[2H])c12. The van der Waals surface area contributed by atoms with Gasteiger partial charge in [-0.2, -0.15) is 5.10 Å². The van der Waals surface area contributed by atoms with Gasteiger partial charge in [0.2, 0.25) is 5.70 Å². The van der Waals surface area contributed by atoms with Crippen molar-refractivity contribution >= 4 is 28.3 Å². The Morgan fingerprint density at radius 1 is 1.25 bits per heavy atom. The molecule has 1 N–H and O–H groups in total. The summed E-state index contributed by atoms with van der Waals surface area (Å²) in [5.41, 5.74) is -3.51. The second-order valence-corrected chi connectivity index (χ2v) is 7.01. The number of carbonyl (C=O) groups is 2. The summed E-state index contributed by atoms with van der Waals surface area (Å²) < 4.78 is 120. The van der Waals surface area contributed by atoms with E-state index in [-0.39, 0.29) is 17.0 Å². The second kappa shape index (κ2) is 9.42. The summed E-state index contributed by atoms with van der Waals surface area (Å²) in [6, 6.07) is 4.01. The Morgan fingerprint density at radius 2 is 2.11 bits per heavy atom. The van der Waals surface area contributed by atoms with Crippen LogP contribution in [0.15, 0.2) is 48.7 Å². The average molecular weight is 497 g/mol. The molecule has 1 amide bonds. The number of likely N-dealkylation sites (tertiary alicyclic amines) is 1. The molecule has 4 aromatic rings. The molecule has 4 aromatic heterocycles. The lowest BCUT2D eigenvalue weighted by Crippen LogP contribution is -2.40. The maximum atomic E-state index is 13.9. The van der Waals surface area contributed by atoms with Gasteiger partial charge < -0.3 is 14.6 Å². The summed E-state index contributed by atoms with van der Waals surface area (Å²) in [6.45, 7) is -2.82. The van der Waals surface area contributed by atoms with Gasteiger partial charge in [-0.25, -0.2) is 19.5 Å². The molecule has 0 atom stereocenters. The highest BCUT2D eigenvalue weighted by molar-refractivity contribution is 6.45. The zero-order valence-corrected chi connectivity index (χ0v) is 17.9. The van der Waals surface area contributed by atoms with E-state index < -0.39 is 90.0 Å². The van der Waals surface area contributed by atoms with Gasteiger partial charge in [-0.15, -0.1) is 0 Å². The van der Waals surface area contributed by atoms with E-state index in [1.165, 1.54) is 24.4 Å². The molecule has 11 heteroatoms. The van der Waals surface area contributed by atoms with Crippen LogP contribution in [-0.4, -0.2) is 66.3 Å². The van der Waals surface area contributed by atoms with E-state index in [0.29, 0.717) is 0 Å². The van der Waals surface area contributed by atoms with Gasteiger partial charge >= 0.3 is 0 Å². The number of piperidine rings is 1. The molecule has 36 heavy (non-hydrogen) atoms. The molecular weight excluding hydrogens is 460 g/mol. The average Bonchev–Trinajstić information content (AvgIpc) is 3.67. The molecule has 5 rings (SSSR count). The number of nitrogens with one attached hydrogen (secondary N) is 1. The van der Waals surface area contributed by atoms with Crippen LogP contribution in [-0.2, 0) is 4.79 Å². The van der Waals surface area contributed by atoms with Gasteiger partial charge in [0.05, 0.1) is 46.1 Å². The maximum absolute atomic E-state index is 13.9. The van der Waals surface area contributed by atoms with Crippen LogP contribution in [0.5, 0.6) is 5.75 Å². The maximum Gasteiger partial charge on any atom is 0.295 e. The number of rotatable bonds is 5. The van der Waals surface area contributed by atoms with E-state index in [2.05, 4.69) is 29.9 Å². The minimum atomic E-state index is -3.85. The van der Waals surface area contributed by atoms with E-state index in [0.717, 1.165) is 23.4 Å². The van der Waals surface area contributed by atoms with E-state index in [9.17, 15) is 9.59 Å². The van der Waals surface area contributed by atoms with Crippen LogP contribution in [0.25, 0.3) is 27.3 Å². The molecule has 0 saturated carbocycles. The summed E-state index contributed by atoms with van der Waals surface area (Å²) in [5, 5.41) is 3.33. The smallest absolute Gasteiger partial charge is 0.295 e. The number of hydrogen-bond donors (Lipinski definition) is 1. The zero-order valence-electron chi connectivity index (χ0n) is 31.9. The number of nitrogens with zero attached hydrogens (tertiary/aromatic N) is 7. The first kappa shape index (κ1) is 11.7. The zero-order chi connectivity index (χ0) is 37.4. The molecule has 0 aliphatic carbocycles. The largest absolute Gasteiger partial charge is 0.494 e. The number of ketones is 1. The van der Waals surface area contributed by atoms with Crippen LogP contribution in [0.1, 0.15) is 53.8 Å². The number of carbonyl (C=O) groups excluding carboxylic acids is 2. The van der Waals surface area contributed by atoms with Crippen LogP contribution in [0.4, 0.5) is 0 Å². The van der Waals surface area contributed by atoms with Crippen molar-refractivity contribution in [2.75, 3.05) is 20.0 Å². The number of pyridine rings is 2. The summed E-state index contributed by atoms with van der Waals surface area (Å²) in [4.78, 5) is 44.6. The normalized spacial score (nSPS) is 25.5. The van der Waals surface area contributed by atoms with Gasteiger partial charge in [-0.3, -0.25) is 14.6 Å². The number of aryl methyl sites for hydroxylation is 1. The van der Waals surface area contributed by atoms with E-state index >= 15 is 0 Å². The van der Waals surface area contributed by atoms with Crippen molar-refractivity contribution in [3.63, 3.8) is 0 Å². The molecule has 5 heterocycles. The summed E-state index contributed by atoms with van der Waals surface area (Å²) in [5.74, 6) is -5.40. The lowest BCUT2D eigenvalue weighted by atomic mass is 9.99. The van der Waals surface area contributed by atoms with E-state index in [1.807, 2.05) is 0 Å². The molecule has 11 nitrogen and oxygen atoms in total. The number of aromatic nitrogens is 6. The standard InChI is InChI=1S/C25H22N8O3/c1-15-30-14-33(31-15)24-22-20(19(36-3)13-29-24)17(12-28-22)23(34)25(35)32-10-7-16(8-11-32)21(26-2)18-6-4-5-9-27-18/h4-6,9,12-14,28H,7-8,10-11H2,1,3H3/i1D3,3D3,7D2,8D2,10D2,11D2. The van der Waals surface area contributed by atoms with Crippen molar-refractivity contribution in [1.29, 1.82) is 0 Å². The minimum absolute atomic E-state index is 0.275. The number of aromatic amines is 1. The molecule has 1 saturated heterocycles. The fraction of sp³-hybridized carbons (Fsp3) is 0.240. The van der Waals surface area contributed by atoms with Crippen molar-refractivity contribution in [2.45, 2.75) is 19.6 Å². The van der Waals surface area contributed by atoms with Crippen molar-refractivity contribution in [1.82, 2.24) is 34.6 Å². The van der Waals surface area contributed by atoms with Crippen LogP contribution in [0.3, 0.4) is 0 Å². The molecule has 180 valence electrons. The highest BCUT2D eigenvalue weighted by atomic mass is 16.5. The highest BCUT2D eigenvalue weighted by Crippen LogP contribution is 2.32. The van der Waals surface area contributed by atoms with Crippen LogP contribution in [0.2, 0.25) is 0 Å². The summed E-state index contributed by atoms with van der Waals surface area (Å²) in [6.07, 6.45) is -3.56. The molecular formula is C25H22N8O3. The first-order chi connectivity index (χ1) is 22.9. The van der Waals surface area contributed by atoms with Gasteiger partial charge in [0.15, 0.2) is 5.82 Å². The Hall–Kier alpha value is -4.85. The number of H-pyrrole nitrogens is 1. The highest BCUT2D eigenvalue weighted by Gasteiger charge is 2.30. The first-order valence-electron chi connectivity index (χ1n) is 16.9. The van der Waals surface area contributed by atoms with Crippen LogP contribution >= 0.6 is 0 Å². The molecule has 0 bridgehead atoms. The predicted octanol–water partition coefficient (Wildman–Crippen LogP) is 2.99. The van der Waals surface area contributed by atoms with Crippen molar-refractivity contribution < 1.29 is 33.5 Å². The van der Waals surface area contributed by atoms with Crippen molar-refractivity contribution in [2.24, 2.45) is 0 Å². The van der Waals surface area contributed by atoms with Gasteiger partial charge in [-0.05, 0) is 31.7 Å². The summed E-state index contributed by atoms with van der Waals surface area (Å²) >= 11 is 0. The third kappa shape index (κ3) is 3.98. The van der Waals surface area contributed by atoms with Crippen molar-refractivity contribution in [3.8, 4) is 11.6 Å². The van der Waals surface area contributed by atoms with Crippen LogP contribution < -0.4 is 4.74 Å². The monoisotopic (exact) mass is 496 g/mol.